The molecule has 0 radical (unpaired) electrons. The van der Waals surface area contributed by atoms with E-state index in [2.05, 4.69) is 15.5 Å². The van der Waals surface area contributed by atoms with E-state index in [4.69, 9.17) is 17.3 Å². The summed E-state index contributed by atoms with van der Waals surface area (Å²) in [6.07, 6.45) is 0. The van der Waals surface area contributed by atoms with Crippen molar-refractivity contribution in [2.24, 2.45) is 0 Å². The predicted octanol–water partition coefficient (Wildman–Crippen LogP) is 3.21. The van der Waals surface area contributed by atoms with Crippen molar-refractivity contribution in [1.29, 1.82) is 0 Å². The summed E-state index contributed by atoms with van der Waals surface area (Å²) in [6.45, 7) is 5.59. The van der Waals surface area contributed by atoms with Crippen LogP contribution in [0.1, 0.15) is 29.9 Å². The molecule has 3 N–H and O–H groups in total. The summed E-state index contributed by atoms with van der Waals surface area (Å²) in [7, 11) is 0. The first kappa shape index (κ1) is 18.3. The number of carbonyl (C=O) groups is 1. The summed E-state index contributed by atoms with van der Waals surface area (Å²) in [5.74, 6) is -0.531. The minimum absolute atomic E-state index is 0.0674. The van der Waals surface area contributed by atoms with Crippen LogP contribution >= 0.6 is 11.6 Å². The van der Waals surface area contributed by atoms with Crippen molar-refractivity contribution in [3.63, 3.8) is 0 Å². The zero-order valence-electron chi connectivity index (χ0n) is 12.8. The van der Waals surface area contributed by atoms with Crippen LogP contribution in [0.2, 0.25) is 5.15 Å². The average molecular weight is 338 g/mol. The van der Waals surface area contributed by atoms with Gasteiger partial charge in [-0.3, -0.25) is 14.9 Å². The average Bonchev–Trinajstić information content (AvgIpc) is 2.53. The zero-order valence-corrected chi connectivity index (χ0v) is 13.6. The fraction of sp³-hybridized carbons (Fsp3) is 0.214. The SMILES string of the molecule is CC.Cc1nnc(Cl)cc1C(=O)Nc1cc([N+](=O)[O-])ccc1N. The van der Waals surface area contributed by atoms with Crippen LogP contribution < -0.4 is 11.1 Å². The Bertz CT molecular complexity index is 736. The van der Waals surface area contributed by atoms with Crippen molar-refractivity contribution in [3.05, 3.63) is 50.8 Å². The van der Waals surface area contributed by atoms with Crippen LogP contribution in [0.5, 0.6) is 0 Å². The van der Waals surface area contributed by atoms with Gasteiger partial charge in [0.05, 0.1) is 27.6 Å². The summed E-state index contributed by atoms with van der Waals surface area (Å²) in [4.78, 5) is 22.3. The Hall–Kier alpha value is -2.74. The number of hydrogen-bond acceptors (Lipinski definition) is 6. The number of nitrogens with two attached hydrogens (primary N) is 1. The smallest absolute Gasteiger partial charge is 0.271 e. The van der Waals surface area contributed by atoms with Crippen LogP contribution in [0.15, 0.2) is 24.3 Å². The standard InChI is InChI=1S/C12H10ClN5O3.C2H6/c1-6-8(5-11(13)17-16-6)12(19)15-10-4-7(18(20)21)2-3-9(10)14;1-2/h2-5H,14H2,1H3,(H,15,19);1-2H3. The number of aryl methyl sites for hydroxylation is 1. The Labute approximate surface area is 137 Å². The van der Waals surface area contributed by atoms with Crippen LogP contribution in [0.3, 0.4) is 0 Å². The summed E-state index contributed by atoms with van der Waals surface area (Å²) < 4.78 is 0. The Balaban J connectivity index is 0.00000127. The van der Waals surface area contributed by atoms with Gasteiger partial charge in [0.15, 0.2) is 5.15 Å². The van der Waals surface area contributed by atoms with Gasteiger partial charge in [-0.15, -0.1) is 5.10 Å². The molecule has 1 amide bonds. The number of nitrogens with one attached hydrogen (secondary N) is 1. The van der Waals surface area contributed by atoms with Crippen LogP contribution in [-0.2, 0) is 0 Å². The van der Waals surface area contributed by atoms with Gasteiger partial charge in [0.25, 0.3) is 11.6 Å². The topological polar surface area (TPSA) is 124 Å². The Kier molecular flexibility index (Phi) is 6.40. The van der Waals surface area contributed by atoms with Gasteiger partial charge in [0.1, 0.15) is 0 Å². The van der Waals surface area contributed by atoms with Gasteiger partial charge >= 0.3 is 0 Å². The van der Waals surface area contributed by atoms with Gasteiger partial charge < -0.3 is 11.1 Å². The molecule has 8 nitrogen and oxygen atoms in total. The van der Waals surface area contributed by atoms with Gasteiger partial charge in [-0.1, -0.05) is 25.4 Å². The van der Waals surface area contributed by atoms with Gasteiger partial charge in [0.2, 0.25) is 0 Å². The molecule has 0 aliphatic carbocycles. The van der Waals surface area contributed by atoms with Crippen LogP contribution in [-0.4, -0.2) is 21.0 Å². The second kappa shape index (κ2) is 8.04. The third kappa shape index (κ3) is 4.62. The fourth-order valence-corrected chi connectivity index (χ4v) is 1.76. The van der Waals surface area contributed by atoms with Crippen molar-refractivity contribution in [3.8, 4) is 0 Å². The number of anilines is 2. The quantitative estimate of drug-likeness (QED) is 0.503. The minimum atomic E-state index is -0.578. The number of nitrogens with zero attached hydrogens (tertiary/aromatic N) is 3. The molecule has 0 fully saturated rings. The van der Waals surface area contributed by atoms with E-state index < -0.39 is 10.8 Å². The molecule has 0 aliphatic rings. The number of halogens is 1. The van der Waals surface area contributed by atoms with Gasteiger partial charge in [-0.25, -0.2) is 0 Å². The van der Waals surface area contributed by atoms with E-state index in [1.807, 2.05) is 13.8 Å². The summed E-state index contributed by atoms with van der Waals surface area (Å²) in [6, 6.07) is 5.13. The van der Waals surface area contributed by atoms with Crippen molar-refractivity contribution in [2.45, 2.75) is 20.8 Å². The minimum Gasteiger partial charge on any atom is -0.397 e. The monoisotopic (exact) mass is 337 g/mol. The lowest BCUT2D eigenvalue weighted by Gasteiger charge is -2.09. The molecular formula is C14H16ClN5O3. The van der Waals surface area contributed by atoms with Gasteiger partial charge in [-0.2, -0.15) is 5.10 Å². The normalized spacial score (nSPS) is 9.57. The molecule has 0 spiro atoms. The molecule has 0 saturated heterocycles. The largest absolute Gasteiger partial charge is 0.397 e. The number of nitro benzene ring substituents is 1. The maximum absolute atomic E-state index is 12.2. The molecule has 2 aromatic rings. The zero-order chi connectivity index (χ0) is 17.6. The van der Waals surface area contributed by atoms with E-state index in [1.165, 1.54) is 24.3 Å². The highest BCUT2D eigenvalue weighted by Crippen LogP contribution is 2.25. The summed E-state index contributed by atoms with van der Waals surface area (Å²) in [5.41, 5.74) is 6.45. The lowest BCUT2D eigenvalue weighted by atomic mass is 10.2. The molecular weight excluding hydrogens is 322 g/mol. The van der Waals surface area contributed by atoms with Crippen LogP contribution in [0.4, 0.5) is 17.1 Å². The second-order valence-electron chi connectivity index (χ2n) is 4.15. The number of nitrogen functional groups attached to an aromatic ring is 1. The molecule has 23 heavy (non-hydrogen) atoms. The molecule has 0 saturated carbocycles. The molecule has 0 atom stereocenters. The molecule has 2 rings (SSSR count). The van der Waals surface area contributed by atoms with Crippen molar-refractivity contribution >= 4 is 34.6 Å². The molecule has 0 bridgehead atoms. The van der Waals surface area contributed by atoms with E-state index in [-0.39, 0.29) is 27.8 Å². The van der Waals surface area contributed by atoms with Crippen molar-refractivity contribution in [1.82, 2.24) is 10.2 Å². The first-order chi connectivity index (χ1) is 10.9. The van der Waals surface area contributed by atoms with E-state index in [0.29, 0.717) is 5.69 Å². The lowest BCUT2D eigenvalue weighted by Crippen LogP contribution is -2.15. The summed E-state index contributed by atoms with van der Waals surface area (Å²) >= 11 is 5.69. The van der Waals surface area contributed by atoms with Crippen LogP contribution in [0, 0.1) is 17.0 Å². The highest BCUT2D eigenvalue weighted by molar-refractivity contribution is 6.29. The van der Waals surface area contributed by atoms with E-state index >= 15 is 0 Å². The number of non-ortho nitro benzene ring substituents is 1. The van der Waals surface area contributed by atoms with Crippen molar-refractivity contribution < 1.29 is 9.72 Å². The van der Waals surface area contributed by atoms with Crippen LogP contribution in [0.25, 0.3) is 0 Å². The highest BCUT2D eigenvalue weighted by atomic mass is 35.5. The highest BCUT2D eigenvalue weighted by Gasteiger charge is 2.15. The molecule has 0 aliphatic heterocycles. The molecule has 0 unspecified atom stereocenters. The van der Waals surface area contributed by atoms with E-state index in [9.17, 15) is 14.9 Å². The number of benzene rings is 1. The maximum atomic E-state index is 12.2. The Morgan fingerprint density at radius 2 is 1.96 bits per heavy atom. The number of carbonyl (C=O) groups excluding carboxylic acids is 1. The summed E-state index contributed by atoms with van der Waals surface area (Å²) in [5, 5.41) is 20.6. The molecule has 122 valence electrons. The second-order valence-corrected chi connectivity index (χ2v) is 4.54. The fourth-order valence-electron chi connectivity index (χ4n) is 1.61. The Morgan fingerprint density at radius 1 is 1.30 bits per heavy atom. The number of hydrogen-bond donors (Lipinski definition) is 2. The molecule has 9 heteroatoms. The number of rotatable bonds is 3. The lowest BCUT2D eigenvalue weighted by molar-refractivity contribution is -0.384. The van der Waals surface area contributed by atoms with E-state index in [1.54, 1.807) is 6.92 Å². The van der Waals surface area contributed by atoms with E-state index in [0.717, 1.165) is 0 Å². The third-order valence-corrected chi connectivity index (χ3v) is 2.87. The molecule has 1 heterocycles. The van der Waals surface area contributed by atoms with Gasteiger partial charge in [0, 0.05) is 12.1 Å². The van der Waals surface area contributed by atoms with Crippen molar-refractivity contribution in [2.75, 3.05) is 11.1 Å². The molecule has 1 aromatic heterocycles. The number of aromatic nitrogens is 2. The Morgan fingerprint density at radius 3 is 2.57 bits per heavy atom. The first-order valence-electron chi connectivity index (χ1n) is 6.73. The number of amides is 1. The maximum Gasteiger partial charge on any atom is 0.271 e. The third-order valence-electron chi connectivity index (χ3n) is 2.69. The number of nitro groups is 1. The first-order valence-corrected chi connectivity index (χ1v) is 7.11. The predicted molar refractivity (Wildman–Crippen MR) is 88.6 cm³/mol. The molecule has 1 aromatic carbocycles. The van der Waals surface area contributed by atoms with Gasteiger partial charge in [-0.05, 0) is 19.1 Å².